The number of rotatable bonds is 3. The molecule has 0 saturated carbocycles. The molecular weight excluding hydrogens is 288 g/mol. The number of carbonyl (C=O) groups excluding carboxylic acids is 1. The van der Waals surface area contributed by atoms with Crippen molar-refractivity contribution in [3.63, 3.8) is 0 Å². The van der Waals surface area contributed by atoms with Gasteiger partial charge in [0.2, 0.25) is 0 Å². The van der Waals surface area contributed by atoms with E-state index in [0.717, 1.165) is 15.6 Å². The molecule has 2 aromatic heterocycles. The Hall–Kier alpha value is -2.51. The van der Waals surface area contributed by atoms with E-state index in [0.29, 0.717) is 4.88 Å². The number of nitrogen functional groups attached to an aromatic ring is 1. The van der Waals surface area contributed by atoms with E-state index in [1.807, 2.05) is 24.3 Å². The molecule has 0 saturated heterocycles. The van der Waals surface area contributed by atoms with Crippen LogP contribution in [0.2, 0.25) is 0 Å². The standard InChI is InChI=1S/C14H12N4O2S/c15-17-14(20)13-10(7-18-8-16-6-5-12(18)19)9-3-1-2-4-11(9)21-13/h1-6,8H,7,15H2,(H,17,20). The van der Waals surface area contributed by atoms with Gasteiger partial charge in [0.1, 0.15) is 0 Å². The van der Waals surface area contributed by atoms with Gasteiger partial charge in [0.15, 0.2) is 0 Å². The van der Waals surface area contributed by atoms with Gasteiger partial charge in [-0.15, -0.1) is 11.3 Å². The minimum atomic E-state index is -0.358. The summed E-state index contributed by atoms with van der Waals surface area (Å²) >= 11 is 1.35. The van der Waals surface area contributed by atoms with Gasteiger partial charge in [-0.3, -0.25) is 19.6 Å². The van der Waals surface area contributed by atoms with E-state index in [-0.39, 0.29) is 18.0 Å². The summed E-state index contributed by atoms with van der Waals surface area (Å²) < 4.78 is 2.44. The molecule has 0 aliphatic heterocycles. The molecule has 3 rings (SSSR count). The molecule has 1 amide bonds. The quantitative estimate of drug-likeness (QED) is 0.431. The van der Waals surface area contributed by atoms with Crippen LogP contribution in [0.1, 0.15) is 15.2 Å². The van der Waals surface area contributed by atoms with E-state index in [2.05, 4.69) is 10.4 Å². The topological polar surface area (TPSA) is 90.0 Å². The van der Waals surface area contributed by atoms with E-state index in [9.17, 15) is 9.59 Å². The molecule has 0 unspecified atom stereocenters. The summed E-state index contributed by atoms with van der Waals surface area (Å²) in [4.78, 5) is 28.2. The van der Waals surface area contributed by atoms with Crippen molar-refractivity contribution < 1.29 is 4.79 Å². The first-order valence-corrected chi connectivity index (χ1v) is 7.04. The second kappa shape index (κ2) is 5.47. The molecule has 1 aromatic carbocycles. The molecule has 3 N–H and O–H groups in total. The average Bonchev–Trinajstić information content (AvgIpc) is 2.88. The minimum absolute atomic E-state index is 0.167. The van der Waals surface area contributed by atoms with Gasteiger partial charge >= 0.3 is 0 Å². The lowest BCUT2D eigenvalue weighted by Crippen LogP contribution is -2.30. The smallest absolute Gasteiger partial charge is 0.275 e. The van der Waals surface area contributed by atoms with Crippen molar-refractivity contribution in [2.45, 2.75) is 6.54 Å². The molecule has 0 fully saturated rings. The van der Waals surface area contributed by atoms with Crippen molar-refractivity contribution in [1.82, 2.24) is 15.0 Å². The zero-order valence-electron chi connectivity index (χ0n) is 10.9. The number of hydrogen-bond acceptors (Lipinski definition) is 5. The lowest BCUT2D eigenvalue weighted by Gasteiger charge is -2.06. The van der Waals surface area contributed by atoms with Crippen LogP contribution in [0.25, 0.3) is 10.1 Å². The van der Waals surface area contributed by atoms with Crippen LogP contribution in [-0.2, 0) is 6.54 Å². The SMILES string of the molecule is NNC(=O)c1sc2ccccc2c1Cn1cnccc1=O. The first-order chi connectivity index (χ1) is 10.2. The number of amides is 1. The van der Waals surface area contributed by atoms with Crippen LogP contribution >= 0.6 is 11.3 Å². The van der Waals surface area contributed by atoms with Crippen LogP contribution in [0.4, 0.5) is 0 Å². The van der Waals surface area contributed by atoms with Gasteiger partial charge in [-0.1, -0.05) is 18.2 Å². The van der Waals surface area contributed by atoms with Crippen LogP contribution in [-0.4, -0.2) is 15.5 Å². The normalized spacial score (nSPS) is 10.7. The number of fused-ring (bicyclic) bond motifs is 1. The zero-order valence-corrected chi connectivity index (χ0v) is 11.8. The van der Waals surface area contributed by atoms with Gasteiger partial charge in [0, 0.05) is 22.5 Å². The zero-order chi connectivity index (χ0) is 14.8. The van der Waals surface area contributed by atoms with Crippen LogP contribution in [0.5, 0.6) is 0 Å². The van der Waals surface area contributed by atoms with Crippen molar-refractivity contribution in [2.24, 2.45) is 5.84 Å². The molecule has 2 heterocycles. The lowest BCUT2D eigenvalue weighted by atomic mass is 10.1. The largest absolute Gasteiger partial charge is 0.295 e. The number of nitrogens with zero attached hydrogens (tertiary/aromatic N) is 2. The molecular formula is C14H12N4O2S. The highest BCUT2D eigenvalue weighted by Crippen LogP contribution is 2.31. The van der Waals surface area contributed by atoms with Crippen molar-refractivity contribution in [2.75, 3.05) is 0 Å². The van der Waals surface area contributed by atoms with Crippen molar-refractivity contribution in [3.8, 4) is 0 Å². The number of thiophene rings is 1. The predicted molar refractivity (Wildman–Crippen MR) is 81.1 cm³/mol. The van der Waals surface area contributed by atoms with Crippen molar-refractivity contribution >= 4 is 27.3 Å². The molecule has 3 aromatic rings. The summed E-state index contributed by atoms with van der Waals surface area (Å²) in [6.45, 7) is 0.277. The van der Waals surface area contributed by atoms with Gasteiger partial charge in [-0.25, -0.2) is 10.8 Å². The summed E-state index contributed by atoms with van der Waals surface area (Å²) in [7, 11) is 0. The maximum Gasteiger partial charge on any atom is 0.275 e. The second-order valence-corrected chi connectivity index (χ2v) is 5.48. The van der Waals surface area contributed by atoms with Gasteiger partial charge in [-0.2, -0.15) is 0 Å². The first-order valence-electron chi connectivity index (χ1n) is 6.22. The Balaban J connectivity index is 2.18. The van der Waals surface area contributed by atoms with Crippen LogP contribution in [0.3, 0.4) is 0 Å². The molecule has 0 spiro atoms. The average molecular weight is 300 g/mol. The highest BCUT2D eigenvalue weighted by Gasteiger charge is 2.18. The third-order valence-corrected chi connectivity index (χ3v) is 4.37. The number of hydrazine groups is 1. The Bertz CT molecular complexity index is 869. The molecule has 0 aliphatic carbocycles. The molecule has 0 radical (unpaired) electrons. The van der Waals surface area contributed by atoms with E-state index in [1.54, 1.807) is 0 Å². The Kier molecular flexibility index (Phi) is 3.51. The molecule has 7 heteroatoms. The van der Waals surface area contributed by atoms with Crippen LogP contribution in [0.15, 0.2) is 47.7 Å². The van der Waals surface area contributed by atoms with E-state index >= 15 is 0 Å². The summed E-state index contributed by atoms with van der Waals surface area (Å²) in [5, 5.41) is 0.942. The molecule has 0 atom stereocenters. The van der Waals surface area contributed by atoms with Crippen molar-refractivity contribution in [1.29, 1.82) is 0 Å². The highest BCUT2D eigenvalue weighted by molar-refractivity contribution is 7.21. The van der Waals surface area contributed by atoms with E-state index in [4.69, 9.17) is 5.84 Å². The van der Waals surface area contributed by atoms with Crippen LogP contribution < -0.4 is 16.8 Å². The monoisotopic (exact) mass is 300 g/mol. The first kappa shape index (κ1) is 13.5. The van der Waals surface area contributed by atoms with Crippen molar-refractivity contribution in [3.05, 3.63) is 63.7 Å². The molecule has 6 nitrogen and oxygen atoms in total. The molecule has 21 heavy (non-hydrogen) atoms. The number of nitrogens with one attached hydrogen (secondary N) is 1. The van der Waals surface area contributed by atoms with Gasteiger partial charge in [0.05, 0.1) is 17.7 Å². The van der Waals surface area contributed by atoms with Crippen LogP contribution in [0, 0.1) is 0 Å². The third kappa shape index (κ3) is 2.44. The highest BCUT2D eigenvalue weighted by atomic mass is 32.1. The maximum atomic E-state index is 12.0. The fourth-order valence-electron chi connectivity index (χ4n) is 2.17. The summed E-state index contributed by atoms with van der Waals surface area (Å²) in [5.41, 5.74) is 2.76. The minimum Gasteiger partial charge on any atom is -0.295 e. The second-order valence-electron chi connectivity index (χ2n) is 4.43. The molecule has 0 bridgehead atoms. The summed E-state index contributed by atoms with van der Waals surface area (Å²) in [6.07, 6.45) is 2.90. The Morgan fingerprint density at radius 2 is 2.14 bits per heavy atom. The lowest BCUT2D eigenvalue weighted by molar-refractivity contribution is 0.0957. The number of nitrogens with two attached hydrogens (primary N) is 1. The fourth-order valence-corrected chi connectivity index (χ4v) is 3.29. The number of carbonyl (C=O) groups is 1. The fraction of sp³-hybridized carbons (Fsp3) is 0.0714. The Morgan fingerprint density at radius 1 is 1.33 bits per heavy atom. The predicted octanol–water partition coefficient (Wildman–Crippen LogP) is 1.11. The molecule has 106 valence electrons. The third-order valence-electron chi connectivity index (χ3n) is 3.16. The summed E-state index contributed by atoms with van der Waals surface area (Å²) in [6, 6.07) is 9.05. The number of hydrogen-bond donors (Lipinski definition) is 2. The number of benzene rings is 1. The summed E-state index contributed by atoms with van der Waals surface area (Å²) in [5.74, 6) is 4.89. The Morgan fingerprint density at radius 3 is 2.90 bits per heavy atom. The van der Waals surface area contributed by atoms with E-state index in [1.165, 1.54) is 34.5 Å². The van der Waals surface area contributed by atoms with E-state index < -0.39 is 0 Å². The molecule has 0 aliphatic rings. The maximum absolute atomic E-state index is 12.0. The van der Waals surface area contributed by atoms with Gasteiger partial charge in [-0.05, 0) is 11.5 Å². The Labute approximate surface area is 123 Å². The van der Waals surface area contributed by atoms with Gasteiger partial charge < -0.3 is 0 Å². The van der Waals surface area contributed by atoms with Gasteiger partial charge in [0.25, 0.3) is 11.5 Å². The number of aromatic nitrogens is 2.